The van der Waals surface area contributed by atoms with E-state index in [0.717, 1.165) is 35.8 Å². The van der Waals surface area contributed by atoms with Crippen LogP contribution in [0.25, 0.3) is 0 Å². The zero-order chi connectivity index (χ0) is 13.7. The molecule has 0 aliphatic rings. The fourth-order valence-electron chi connectivity index (χ4n) is 1.89. The Morgan fingerprint density at radius 3 is 2.89 bits per heavy atom. The van der Waals surface area contributed by atoms with Crippen molar-refractivity contribution < 1.29 is 0 Å². The van der Waals surface area contributed by atoms with Crippen molar-refractivity contribution in [1.29, 1.82) is 0 Å². The van der Waals surface area contributed by atoms with Gasteiger partial charge in [-0.3, -0.25) is 0 Å². The average Bonchev–Trinajstić information content (AvgIpc) is 2.93. The average molecular weight is 277 g/mol. The molecule has 102 valence electrons. The van der Waals surface area contributed by atoms with Crippen molar-refractivity contribution in [3.05, 3.63) is 28.5 Å². The van der Waals surface area contributed by atoms with Gasteiger partial charge in [0.2, 0.25) is 0 Å². The first kappa shape index (κ1) is 13.7. The zero-order valence-corrected chi connectivity index (χ0v) is 12.1. The summed E-state index contributed by atoms with van der Waals surface area (Å²) in [6.07, 6.45) is 5.25. The maximum absolute atomic E-state index is 5.91. The number of nitrogens with two attached hydrogens (primary N) is 1. The molecule has 2 rings (SSSR count). The van der Waals surface area contributed by atoms with Crippen LogP contribution >= 0.6 is 11.3 Å². The van der Waals surface area contributed by atoms with Gasteiger partial charge < -0.3 is 11.1 Å². The van der Waals surface area contributed by atoms with Crippen LogP contribution in [-0.2, 0) is 6.42 Å². The second-order valence-electron chi connectivity index (χ2n) is 4.49. The number of nitrogen functional groups attached to an aromatic ring is 1. The quantitative estimate of drug-likeness (QED) is 0.849. The Morgan fingerprint density at radius 2 is 2.21 bits per heavy atom. The molecule has 0 aromatic carbocycles. The van der Waals surface area contributed by atoms with Crippen molar-refractivity contribution in [2.45, 2.75) is 32.6 Å². The van der Waals surface area contributed by atoms with Crippen molar-refractivity contribution in [3.8, 4) is 0 Å². The minimum Gasteiger partial charge on any atom is -0.383 e. The molecule has 3 N–H and O–H groups in total. The summed E-state index contributed by atoms with van der Waals surface area (Å²) in [7, 11) is 0. The summed E-state index contributed by atoms with van der Waals surface area (Å²) in [5, 5.41) is 6.49. The molecule has 2 aromatic rings. The van der Waals surface area contributed by atoms with Crippen molar-refractivity contribution in [2.24, 2.45) is 0 Å². The van der Waals surface area contributed by atoms with E-state index in [2.05, 4.69) is 34.1 Å². The van der Waals surface area contributed by atoms with E-state index in [4.69, 9.17) is 5.73 Å². The molecule has 2 heterocycles. The molecule has 0 saturated heterocycles. The summed E-state index contributed by atoms with van der Waals surface area (Å²) >= 11 is 1.68. The molecule has 0 amide bonds. The topological polar surface area (TPSA) is 76.7 Å². The second kappa shape index (κ2) is 6.47. The first-order valence-corrected chi connectivity index (χ1v) is 7.33. The fourth-order valence-corrected chi connectivity index (χ4v) is 2.59. The lowest BCUT2D eigenvalue weighted by molar-refractivity contribution is 0.787. The standard InChI is InChI=1S/C13H19N5S/c1-3-4-10-11(14)17-8-18-12(10)16-7-9(2)13-15-5-6-19-13/h5-6,8-9H,3-4,7H2,1-2H3,(H3,14,16,17,18). The summed E-state index contributed by atoms with van der Waals surface area (Å²) in [5.41, 5.74) is 6.92. The maximum atomic E-state index is 5.91. The predicted octanol–water partition coefficient (Wildman–Crippen LogP) is 2.68. The molecular weight excluding hydrogens is 258 g/mol. The first-order chi connectivity index (χ1) is 9.22. The lowest BCUT2D eigenvalue weighted by Crippen LogP contribution is -2.13. The van der Waals surface area contributed by atoms with E-state index in [1.807, 2.05) is 11.6 Å². The lowest BCUT2D eigenvalue weighted by Gasteiger charge is -2.14. The third-order valence-corrected chi connectivity index (χ3v) is 3.93. The Morgan fingerprint density at radius 1 is 1.37 bits per heavy atom. The molecule has 1 atom stereocenters. The highest BCUT2D eigenvalue weighted by atomic mass is 32.1. The van der Waals surface area contributed by atoms with E-state index < -0.39 is 0 Å². The molecule has 0 aliphatic carbocycles. The van der Waals surface area contributed by atoms with Crippen LogP contribution in [0.15, 0.2) is 17.9 Å². The van der Waals surface area contributed by atoms with Crippen LogP contribution in [0.3, 0.4) is 0 Å². The van der Waals surface area contributed by atoms with Gasteiger partial charge in [0.05, 0.1) is 5.01 Å². The summed E-state index contributed by atoms with van der Waals surface area (Å²) in [5.74, 6) is 1.77. The van der Waals surface area contributed by atoms with Crippen molar-refractivity contribution in [1.82, 2.24) is 15.0 Å². The Bertz CT molecular complexity index is 512. The Hall–Kier alpha value is -1.69. The number of anilines is 2. The summed E-state index contributed by atoms with van der Waals surface area (Å²) in [6.45, 7) is 5.06. The van der Waals surface area contributed by atoms with Gasteiger partial charge in [-0.05, 0) is 6.42 Å². The van der Waals surface area contributed by atoms with Crippen molar-refractivity contribution in [3.63, 3.8) is 0 Å². The number of nitrogens with one attached hydrogen (secondary N) is 1. The number of aromatic nitrogens is 3. The van der Waals surface area contributed by atoms with Gasteiger partial charge in [-0.15, -0.1) is 11.3 Å². The SMILES string of the molecule is CCCc1c(N)ncnc1NCC(C)c1nccs1. The van der Waals surface area contributed by atoms with Crippen molar-refractivity contribution in [2.75, 3.05) is 17.6 Å². The smallest absolute Gasteiger partial charge is 0.134 e. The third kappa shape index (κ3) is 3.41. The van der Waals surface area contributed by atoms with Crippen LogP contribution in [-0.4, -0.2) is 21.5 Å². The summed E-state index contributed by atoms with van der Waals surface area (Å²) in [4.78, 5) is 12.7. The van der Waals surface area contributed by atoms with Crippen LogP contribution in [0, 0.1) is 0 Å². The number of rotatable bonds is 6. The molecule has 2 aromatic heterocycles. The Balaban J connectivity index is 2.05. The molecule has 0 bridgehead atoms. The summed E-state index contributed by atoms with van der Waals surface area (Å²) < 4.78 is 0. The lowest BCUT2D eigenvalue weighted by atomic mass is 10.1. The molecule has 19 heavy (non-hydrogen) atoms. The largest absolute Gasteiger partial charge is 0.383 e. The maximum Gasteiger partial charge on any atom is 0.134 e. The highest BCUT2D eigenvalue weighted by Gasteiger charge is 2.11. The molecule has 0 saturated carbocycles. The zero-order valence-electron chi connectivity index (χ0n) is 11.3. The van der Waals surface area contributed by atoms with E-state index >= 15 is 0 Å². The molecule has 0 fully saturated rings. The number of hydrogen-bond donors (Lipinski definition) is 2. The Kier molecular flexibility index (Phi) is 4.68. The minimum atomic E-state index is 0.352. The van der Waals surface area contributed by atoms with E-state index in [-0.39, 0.29) is 0 Å². The van der Waals surface area contributed by atoms with Gasteiger partial charge in [0.25, 0.3) is 0 Å². The molecular formula is C13H19N5S. The van der Waals surface area contributed by atoms with Crippen LogP contribution in [0.2, 0.25) is 0 Å². The molecule has 0 aliphatic heterocycles. The third-order valence-electron chi connectivity index (χ3n) is 2.93. The van der Waals surface area contributed by atoms with Gasteiger partial charge in [0.15, 0.2) is 0 Å². The molecule has 6 heteroatoms. The highest BCUT2D eigenvalue weighted by Crippen LogP contribution is 2.22. The van der Waals surface area contributed by atoms with E-state index in [0.29, 0.717) is 11.7 Å². The van der Waals surface area contributed by atoms with Gasteiger partial charge in [-0.1, -0.05) is 20.3 Å². The van der Waals surface area contributed by atoms with E-state index in [1.54, 1.807) is 11.3 Å². The van der Waals surface area contributed by atoms with Gasteiger partial charge in [-0.2, -0.15) is 0 Å². The monoisotopic (exact) mass is 277 g/mol. The Labute approximate surface area is 117 Å². The van der Waals surface area contributed by atoms with Crippen LogP contribution < -0.4 is 11.1 Å². The first-order valence-electron chi connectivity index (χ1n) is 6.45. The number of hydrogen-bond acceptors (Lipinski definition) is 6. The van der Waals surface area contributed by atoms with E-state index in [1.165, 1.54) is 6.33 Å². The summed E-state index contributed by atoms with van der Waals surface area (Å²) in [6, 6.07) is 0. The molecule has 0 spiro atoms. The van der Waals surface area contributed by atoms with Gasteiger partial charge in [0.1, 0.15) is 18.0 Å². The molecule has 5 nitrogen and oxygen atoms in total. The van der Waals surface area contributed by atoms with Gasteiger partial charge in [-0.25, -0.2) is 15.0 Å². The number of nitrogens with zero attached hydrogens (tertiary/aromatic N) is 3. The van der Waals surface area contributed by atoms with Crippen LogP contribution in [0.4, 0.5) is 11.6 Å². The normalized spacial score (nSPS) is 12.3. The van der Waals surface area contributed by atoms with Gasteiger partial charge in [0, 0.05) is 29.6 Å². The van der Waals surface area contributed by atoms with Crippen LogP contribution in [0.1, 0.15) is 36.8 Å². The van der Waals surface area contributed by atoms with Crippen molar-refractivity contribution >= 4 is 23.0 Å². The molecule has 1 unspecified atom stereocenters. The second-order valence-corrected chi connectivity index (χ2v) is 5.41. The predicted molar refractivity (Wildman–Crippen MR) is 79.5 cm³/mol. The van der Waals surface area contributed by atoms with Crippen LogP contribution in [0.5, 0.6) is 0 Å². The minimum absolute atomic E-state index is 0.352. The number of thiazole rings is 1. The van der Waals surface area contributed by atoms with Gasteiger partial charge >= 0.3 is 0 Å². The fraction of sp³-hybridized carbons (Fsp3) is 0.462. The van der Waals surface area contributed by atoms with E-state index in [9.17, 15) is 0 Å². The molecule has 0 radical (unpaired) electrons. The highest BCUT2D eigenvalue weighted by molar-refractivity contribution is 7.09.